The molecule has 1 fully saturated rings. The Balaban J connectivity index is 2.38. The van der Waals surface area contributed by atoms with Gasteiger partial charge in [0.25, 0.3) is 0 Å². The van der Waals surface area contributed by atoms with Crippen LogP contribution in [0.1, 0.15) is 37.3 Å². The smallest absolute Gasteiger partial charge is 0.183 e. The van der Waals surface area contributed by atoms with Crippen LogP contribution in [-0.4, -0.2) is 24.9 Å². The Bertz CT molecular complexity index is 563. The zero-order chi connectivity index (χ0) is 14.2. The molecule has 4 heteroatoms. The third-order valence-corrected chi connectivity index (χ3v) is 6.44. The summed E-state index contributed by atoms with van der Waals surface area (Å²) in [6.07, 6.45) is 1.30. The molecule has 0 bridgehead atoms. The van der Waals surface area contributed by atoms with Crippen molar-refractivity contribution in [1.82, 2.24) is 0 Å². The first kappa shape index (κ1) is 14.5. The average molecular weight is 282 g/mol. The van der Waals surface area contributed by atoms with E-state index in [4.69, 9.17) is 0 Å². The van der Waals surface area contributed by atoms with E-state index in [9.17, 15) is 13.5 Å². The Kier molecular flexibility index (Phi) is 4.02. The summed E-state index contributed by atoms with van der Waals surface area (Å²) in [5, 5.41) is 9.37. The molecular weight excluding hydrogens is 260 g/mol. The summed E-state index contributed by atoms with van der Waals surface area (Å²) in [7, 11) is -3.43. The Labute approximate surface area is 115 Å². The highest BCUT2D eigenvalue weighted by Gasteiger charge is 2.37. The fraction of sp³-hybridized carbons (Fsp3) is 0.600. The van der Waals surface area contributed by atoms with E-state index in [1.807, 2.05) is 19.9 Å². The van der Waals surface area contributed by atoms with Crippen molar-refractivity contribution >= 4 is 9.84 Å². The summed E-state index contributed by atoms with van der Waals surface area (Å²) in [6, 6.07) is 5.21. The predicted molar refractivity (Wildman–Crippen MR) is 75.9 cm³/mol. The summed E-state index contributed by atoms with van der Waals surface area (Å²) < 4.78 is 25.3. The van der Waals surface area contributed by atoms with Crippen molar-refractivity contribution in [2.24, 2.45) is 5.92 Å². The maximum Gasteiger partial charge on any atom is 0.183 e. The van der Waals surface area contributed by atoms with Crippen LogP contribution in [0.25, 0.3) is 0 Å². The quantitative estimate of drug-likeness (QED) is 0.907. The summed E-state index contributed by atoms with van der Waals surface area (Å²) in [5.41, 5.74) is 2.05. The summed E-state index contributed by atoms with van der Waals surface area (Å²) >= 11 is 0. The van der Waals surface area contributed by atoms with Gasteiger partial charge in [0.15, 0.2) is 9.84 Å². The molecular formula is C15H22O3S. The molecule has 0 amide bonds. The molecule has 1 aromatic rings. The molecule has 1 aliphatic carbocycles. The SMILES string of the molecule is Cc1ccc(S(=O)(=O)C2CC(C)CCC2O)cc1C. The summed E-state index contributed by atoms with van der Waals surface area (Å²) in [4.78, 5) is 0.341. The lowest BCUT2D eigenvalue weighted by molar-refractivity contribution is 0.116. The number of aliphatic hydroxyl groups is 1. The van der Waals surface area contributed by atoms with Gasteiger partial charge in [-0.05, 0) is 62.3 Å². The van der Waals surface area contributed by atoms with Crippen LogP contribution < -0.4 is 0 Å². The molecule has 19 heavy (non-hydrogen) atoms. The van der Waals surface area contributed by atoms with Crippen LogP contribution >= 0.6 is 0 Å². The van der Waals surface area contributed by atoms with E-state index in [1.165, 1.54) is 0 Å². The summed E-state index contributed by atoms with van der Waals surface area (Å²) in [5.74, 6) is 0.356. The molecule has 106 valence electrons. The van der Waals surface area contributed by atoms with Gasteiger partial charge in [0.05, 0.1) is 16.2 Å². The molecule has 0 radical (unpaired) electrons. The van der Waals surface area contributed by atoms with Crippen LogP contribution in [0.5, 0.6) is 0 Å². The first-order chi connectivity index (χ1) is 8.82. The largest absolute Gasteiger partial charge is 0.392 e. The van der Waals surface area contributed by atoms with E-state index in [2.05, 4.69) is 6.92 Å². The fourth-order valence-electron chi connectivity index (χ4n) is 2.71. The van der Waals surface area contributed by atoms with Crippen LogP contribution in [0.15, 0.2) is 23.1 Å². The number of aliphatic hydroxyl groups excluding tert-OH is 1. The van der Waals surface area contributed by atoms with Gasteiger partial charge >= 0.3 is 0 Å². The highest BCUT2D eigenvalue weighted by molar-refractivity contribution is 7.92. The molecule has 0 heterocycles. The molecule has 1 saturated carbocycles. The second-order valence-electron chi connectivity index (χ2n) is 5.82. The normalized spacial score (nSPS) is 28.3. The van der Waals surface area contributed by atoms with Crippen molar-refractivity contribution in [2.75, 3.05) is 0 Å². The Morgan fingerprint density at radius 1 is 1.16 bits per heavy atom. The number of hydrogen-bond acceptors (Lipinski definition) is 3. The van der Waals surface area contributed by atoms with Crippen LogP contribution in [0.2, 0.25) is 0 Å². The molecule has 3 nitrogen and oxygen atoms in total. The number of benzene rings is 1. The highest BCUT2D eigenvalue weighted by Crippen LogP contribution is 2.32. The first-order valence-electron chi connectivity index (χ1n) is 6.81. The van der Waals surface area contributed by atoms with Crippen molar-refractivity contribution in [2.45, 2.75) is 56.3 Å². The van der Waals surface area contributed by atoms with Gasteiger partial charge in [-0.15, -0.1) is 0 Å². The second kappa shape index (κ2) is 5.25. The summed E-state index contributed by atoms with van der Waals surface area (Å²) in [6.45, 7) is 5.92. The minimum atomic E-state index is -3.43. The van der Waals surface area contributed by atoms with Gasteiger partial charge in [-0.2, -0.15) is 0 Å². The molecule has 0 aromatic heterocycles. The van der Waals surface area contributed by atoms with E-state index < -0.39 is 21.2 Å². The van der Waals surface area contributed by atoms with Crippen molar-refractivity contribution in [3.63, 3.8) is 0 Å². The van der Waals surface area contributed by atoms with Gasteiger partial charge in [-0.25, -0.2) is 8.42 Å². The first-order valence-corrected chi connectivity index (χ1v) is 8.36. The second-order valence-corrected chi connectivity index (χ2v) is 7.98. The zero-order valence-corrected chi connectivity index (χ0v) is 12.6. The average Bonchev–Trinajstić information content (AvgIpc) is 2.35. The lowest BCUT2D eigenvalue weighted by Gasteiger charge is -2.31. The lowest BCUT2D eigenvalue weighted by Crippen LogP contribution is -2.39. The van der Waals surface area contributed by atoms with Crippen molar-refractivity contribution in [3.8, 4) is 0 Å². The minimum Gasteiger partial charge on any atom is -0.392 e. The van der Waals surface area contributed by atoms with Gasteiger partial charge < -0.3 is 5.11 Å². The van der Waals surface area contributed by atoms with E-state index in [-0.39, 0.29) is 0 Å². The third kappa shape index (κ3) is 2.84. The van der Waals surface area contributed by atoms with Crippen LogP contribution in [-0.2, 0) is 9.84 Å². The van der Waals surface area contributed by atoms with E-state index >= 15 is 0 Å². The number of sulfone groups is 1. The minimum absolute atomic E-state index is 0.341. The standard InChI is InChI=1S/C15H22O3S/c1-10-4-7-14(16)15(8-10)19(17,18)13-6-5-11(2)12(3)9-13/h5-6,9-10,14-16H,4,7-8H2,1-3H3. The fourth-order valence-corrected chi connectivity index (χ4v) is 4.79. The molecule has 0 saturated heterocycles. The maximum atomic E-state index is 12.6. The molecule has 1 aromatic carbocycles. The molecule has 1 aliphatic rings. The number of aryl methyl sites for hydroxylation is 2. The molecule has 0 spiro atoms. The van der Waals surface area contributed by atoms with Crippen LogP contribution in [0.4, 0.5) is 0 Å². The van der Waals surface area contributed by atoms with E-state index in [0.717, 1.165) is 17.5 Å². The molecule has 1 N–H and O–H groups in total. The highest BCUT2D eigenvalue weighted by atomic mass is 32.2. The van der Waals surface area contributed by atoms with Gasteiger partial charge in [-0.1, -0.05) is 13.0 Å². The Morgan fingerprint density at radius 3 is 2.47 bits per heavy atom. The predicted octanol–water partition coefficient (Wildman–Crippen LogP) is 2.63. The van der Waals surface area contributed by atoms with Crippen LogP contribution in [0, 0.1) is 19.8 Å². The van der Waals surface area contributed by atoms with E-state index in [1.54, 1.807) is 12.1 Å². The van der Waals surface area contributed by atoms with Crippen molar-refractivity contribution < 1.29 is 13.5 Å². The topological polar surface area (TPSA) is 54.4 Å². The Hall–Kier alpha value is -0.870. The third-order valence-electron chi connectivity index (χ3n) is 4.22. The Morgan fingerprint density at radius 2 is 1.84 bits per heavy atom. The molecule has 3 atom stereocenters. The molecule has 2 rings (SSSR count). The van der Waals surface area contributed by atoms with Gasteiger partial charge in [0.1, 0.15) is 0 Å². The maximum absolute atomic E-state index is 12.6. The zero-order valence-electron chi connectivity index (χ0n) is 11.8. The number of hydrogen-bond donors (Lipinski definition) is 1. The van der Waals surface area contributed by atoms with Crippen molar-refractivity contribution in [1.29, 1.82) is 0 Å². The molecule has 3 unspecified atom stereocenters. The van der Waals surface area contributed by atoms with Gasteiger partial charge in [-0.3, -0.25) is 0 Å². The van der Waals surface area contributed by atoms with Crippen molar-refractivity contribution in [3.05, 3.63) is 29.3 Å². The van der Waals surface area contributed by atoms with E-state index in [0.29, 0.717) is 23.7 Å². The molecule has 0 aliphatic heterocycles. The lowest BCUT2D eigenvalue weighted by atomic mass is 9.88. The number of rotatable bonds is 2. The van der Waals surface area contributed by atoms with Crippen LogP contribution in [0.3, 0.4) is 0 Å². The van der Waals surface area contributed by atoms with Gasteiger partial charge in [0.2, 0.25) is 0 Å². The monoisotopic (exact) mass is 282 g/mol. The van der Waals surface area contributed by atoms with Gasteiger partial charge in [0, 0.05) is 0 Å².